The zero-order valence-electron chi connectivity index (χ0n) is 10.2. The van der Waals surface area contributed by atoms with Gasteiger partial charge in [0.25, 0.3) is 0 Å². The van der Waals surface area contributed by atoms with Crippen molar-refractivity contribution in [1.82, 2.24) is 4.57 Å². The second kappa shape index (κ2) is 3.72. The van der Waals surface area contributed by atoms with Crippen LogP contribution in [0, 0.1) is 0 Å². The van der Waals surface area contributed by atoms with Gasteiger partial charge >= 0.3 is 0 Å². The molecule has 0 fully saturated rings. The molecule has 2 aliphatic heterocycles. The fraction of sp³-hybridized carbons (Fsp3) is 0.0625. The van der Waals surface area contributed by atoms with E-state index in [4.69, 9.17) is 5.21 Å². The van der Waals surface area contributed by atoms with E-state index < -0.39 is 0 Å². The molecule has 92 valence electrons. The van der Waals surface area contributed by atoms with Gasteiger partial charge in [-0.2, -0.15) is 0 Å². The van der Waals surface area contributed by atoms with E-state index in [1.807, 2.05) is 18.2 Å². The van der Waals surface area contributed by atoms with E-state index in [2.05, 4.69) is 46.3 Å². The number of nitrogens with zero attached hydrogens (tertiary/aromatic N) is 2. The third-order valence-electron chi connectivity index (χ3n) is 3.74. The van der Waals surface area contributed by atoms with E-state index >= 15 is 0 Å². The smallest absolute Gasteiger partial charge is 0.104 e. The number of hydrogen-bond donors (Lipinski definition) is 1. The number of benzene rings is 2. The maximum atomic E-state index is 8.96. The molecule has 0 saturated heterocycles. The van der Waals surface area contributed by atoms with E-state index in [0.29, 0.717) is 5.36 Å². The van der Waals surface area contributed by atoms with Crippen LogP contribution >= 0.6 is 0 Å². The lowest BCUT2D eigenvalue weighted by atomic mass is 9.98. The Morgan fingerprint density at radius 2 is 1.89 bits per heavy atom. The average Bonchev–Trinajstić information content (AvgIpc) is 2.97. The summed E-state index contributed by atoms with van der Waals surface area (Å²) in [7, 11) is 0. The molecule has 0 bridgehead atoms. The summed E-state index contributed by atoms with van der Waals surface area (Å²) in [5.74, 6) is 0. The number of fused-ring (bicyclic) bond motifs is 6. The maximum Gasteiger partial charge on any atom is 0.104 e. The van der Waals surface area contributed by atoms with Gasteiger partial charge in [0.2, 0.25) is 0 Å². The Morgan fingerprint density at radius 3 is 2.74 bits per heavy atom. The average molecular weight is 248 g/mol. The topological polar surface area (TPSA) is 37.5 Å². The normalized spacial score (nSPS) is 14.4. The van der Waals surface area contributed by atoms with Crippen molar-refractivity contribution in [3.05, 3.63) is 59.6 Å². The largest absolute Gasteiger partial charge is 0.410 e. The lowest BCUT2D eigenvalue weighted by Crippen LogP contribution is -2.08. The minimum atomic E-state index is 0.581. The van der Waals surface area contributed by atoms with Crippen molar-refractivity contribution in [2.45, 2.75) is 6.42 Å². The highest BCUT2D eigenvalue weighted by atomic mass is 16.4. The first kappa shape index (κ1) is 10.4. The minimum Gasteiger partial charge on any atom is -0.410 e. The van der Waals surface area contributed by atoms with Gasteiger partial charge in [-0.25, -0.2) is 0 Å². The van der Waals surface area contributed by atoms with Crippen molar-refractivity contribution in [3.63, 3.8) is 0 Å². The first-order chi connectivity index (χ1) is 9.38. The molecule has 3 heteroatoms. The van der Waals surface area contributed by atoms with Crippen LogP contribution in [0.15, 0.2) is 53.7 Å². The fourth-order valence-electron chi connectivity index (χ4n) is 2.90. The molecule has 0 spiro atoms. The quantitative estimate of drug-likeness (QED) is 0.370. The molecule has 3 aliphatic rings. The molecule has 3 nitrogen and oxygen atoms in total. The van der Waals surface area contributed by atoms with Crippen LogP contribution in [-0.4, -0.2) is 9.77 Å². The van der Waals surface area contributed by atoms with Gasteiger partial charge in [0, 0.05) is 29.3 Å². The summed E-state index contributed by atoms with van der Waals surface area (Å²) in [6.07, 6.45) is 5.19. The van der Waals surface area contributed by atoms with E-state index in [9.17, 15) is 0 Å². The van der Waals surface area contributed by atoms with Gasteiger partial charge < -0.3 is 9.77 Å². The van der Waals surface area contributed by atoms with E-state index in [0.717, 1.165) is 12.1 Å². The van der Waals surface area contributed by atoms with Crippen molar-refractivity contribution in [3.8, 4) is 11.3 Å². The minimum absolute atomic E-state index is 0.581. The molecular weight excluding hydrogens is 236 g/mol. The second-order valence-corrected chi connectivity index (χ2v) is 4.75. The molecule has 0 unspecified atom stereocenters. The summed E-state index contributed by atoms with van der Waals surface area (Å²) < 4.78 is 2.19. The van der Waals surface area contributed by atoms with Gasteiger partial charge in [-0.1, -0.05) is 35.5 Å². The fourth-order valence-corrected chi connectivity index (χ4v) is 2.90. The summed E-state index contributed by atoms with van der Waals surface area (Å²) >= 11 is 0. The van der Waals surface area contributed by atoms with E-state index in [1.165, 1.54) is 22.0 Å². The molecule has 4 rings (SSSR count). The van der Waals surface area contributed by atoms with Gasteiger partial charge in [0.05, 0.1) is 5.69 Å². The maximum absolute atomic E-state index is 8.96. The number of allylic oxidation sites excluding steroid dienone is 1. The first-order valence-electron chi connectivity index (χ1n) is 6.29. The highest BCUT2D eigenvalue weighted by Gasteiger charge is 2.17. The lowest BCUT2D eigenvalue weighted by molar-refractivity contribution is 0.302. The molecule has 1 aromatic rings. The van der Waals surface area contributed by atoms with Crippen molar-refractivity contribution in [2.75, 3.05) is 0 Å². The van der Waals surface area contributed by atoms with Crippen molar-refractivity contribution >= 4 is 17.0 Å². The molecule has 0 amide bonds. The third kappa shape index (κ3) is 1.35. The summed E-state index contributed by atoms with van der Waals surface area (Å²) in [6, 6.07) is 14.2. The van der Waals surface area contributed by atoms with Crippen LogP contribution in [0.3, 0.4) is 0 Å². The van der Waals surface area contributed by atoms with Crippen LogP contribution in [0.5, 0.6) is 0 Å². The summed E-state index contributed by atoms with van der Waals surface area (Å²) in [5.41, 5.74) is 3.55. The number of aromatic nitrogens is 1. The van der Waals surface area contributed by atoms with Gasteiger partial charge in [-0.15, -0.1) is 0 Å². The highest BCUT2D eigenvalue weighted by molar-refractivity contribution is 5.99. The van der Waals surface area contributed by atoms with Crippen molar-refractivity contribution in [1.29, 1.82) is 0 Å². The zero-order chi connectivity index (χ0) is 12.8. The van der Waals surface area contributed by atoms with Crippen LogP contribution < -0.4 is 5.36 Å². The van der Waals surface area contributed by atoms with E-state index in [1.54, 1.807) is 0 Å². The standard InChI is InChI=1S/C16H12N2O/c19-17-11-7-8-14-12-4-1-2-5-13(12)15-6-3-9-18(15)16(14)10-11/h1-5,7-10,19H,6H2/b17-11-. The molecule has 0 atom stereocenters. The molecule has 0 radical (unpaired) electrons. The number of pyridine rings is 1. The summed E-state index contributed by atoms with van der Waals surface area (Å²) in [5, 5.41) is 15.4. The van der Waals surface area contributed by atoms with Gasteiger partial charge in [-0.05, 0) is 23.6 Å². The molecular formula is C16H12N2O. The highest BCUT2D eigenvalue weighted by Crippen LogP contribution is 2.35. The Hall–Kier alpha value is -2.55. The predicted octanol–water partition coefficient (Wildman–Crippen LogP) is 3.06. The summed E-state index contributed by atoms with van der Waals surface area (Å²) in [6.45, 7) is 0. The monoisotopic (exact) mass is 248 g/mol. The van der Waals surface area contributed by atoms with Crippen LogP contribution in [0.4, 0.5) is 0 Å². The molecule has 2 heterocycles. The Labute approximate surface area is 110 Å². The van der Waals surface area contributed by atoms with Crippen LogP contribution in [-0.2, 0) is 6.42 Å². The van der Waals surface area contributed by atoms with Crippen LogP contribution in [0.2, 0.25) is 0 Å². The Morgan fingerprint density at radius 1 is 1.05 bits per heavy atom. The third-order valence-corrected chi connectivity index (χ3v) is 3.74. The molecule has 1 N–H and O–H groups in total. The van der Waals surface area contributed by atoms with Gasteiger partial charge in [0.15, 0.2) is 0 Å². The Balaban J connectivity index is 2.29. The van der Waals surface area contributed by atoms with Gasteiger partial charge in [-0.3, -0.25) is 0 Å². The number of hydrogen-bond acceptors (Lipinski definition) is 2. The van der Waals surface area contributed by atoms with E-state index in [-0.39, 0.29) is 0 Å². The van der Waals surface area contributed by atoms with Crippen LogP contribution in [0.1, 0.15) is 5.69 Å². The SMILES string of the molecule is O/N=c1/ccc2c3ccccc3c3n(c-2c1)C=CC3. The molecule has 1 aromatic carbocycles. The summed E-state index contributed by atoms with van der Waals surface area (Å²) in [4.78, 5) is 0. The first-order valence-corrected chi connectivity index (χ1v) is 6.29. The molecule has 19 heavy (non-hydrogen) atoms. The van der Waals surface area contributed by atoms with Gasteiger partial charge in [0.1, 0.15) is 5.36 Å². The van der Waals surface area contributed by atoms with Crippen molar-refractivity contribution in [2.24, 2.45) is 5.16 Å². The second-order valence-electron chi connectivity index (χ2n) is 4.75. The Bertz CT molecular complexity index is 858. The number of rotatable bonds is 0. The zero-order valence-corrected chi connectivity index (χ0v) is 10.2. The lowest BCUT2D eigenvalue weighted by Gasteiger charge is -2.18. The predicted molar refractivity (Wildman–Crippen MR) is 74.9 cm³/mol. The van der Waals surface area contributed by atoms with Crippen molar-refractivity contribution < 1.29 is 5.21 Å². The van der Waals surface area contributed by atoms with Crippen LogP contribution in [0.25, 0.3) is 28.2 Å². The molecule has 1 aliphatic carbocycles. The Kier molecular flexibility index (Phi) is 2.03. The molecule has 0 saturated carbocycles. The molecule has 0 aromatic heterocycles.